The number of ether oxygens (including phenoxy) is 1. The highest BCUT2D eigenvalue weighted by Crippen LogP contribution is 2.28. The molecule has 0 radical (unpaired) electrons. The number of amides is 2. The zero-order valence-corrected chi connectivity index (χ0v) is 16.8. The van der Waals surface area contributed by atoms with Gasteiger partial charge < -0.3 is 19.5 Å². The van der Waals surface area contributed by atoms with E-state index in [2.05, 4.69) is 5.32 Å². The number of aryl methyl sites for hydroxylation is 2. The molecule has 0 saturated carbocycles. The lowest BCUT2D eigenvalue weighted by atomic mass is 10.0. The summed E-state index contributed by atoms with van der Waals surface area (Å²) in [5, 5.41) is 4.82. The number of benzene rings is 1. The number of nitrogens with zero attached hydrogens (tertiary/aromatic N) is 2. The maximum absolute atomic E-state index is 13.0. The van der Waals surface area contributed by atoms with Crippen molar-refractivity contribution in [1.82, 2.24) is 14.8 Å². The summed E-state index contributed by atoms with van der Waals surface area (Å²) in [4.78, 5) is 26.5. The van der Waals surface area contributed by atoms with Crippen molar-refractivity contribution < 1.29 is 14.3 Å². The van der Waals surface area contributed by atoms with Crippen molar-refractivity contribution in [2.24, 2.45) is 0 Å². The molecule has 0 bridgehead atoms. The Bertz CT molecular complexity index is 854. The first-order valence-electron chi connectivity index (χ1n) is 9.47. The quantitative estimate of drug-likeness (QED) is 0.857. The number of fused-ring (bicyclic) bond motifs is 1. The molecule has 0 spiro atoms. The highest BCUT2D eigenvalue weighted by Gasteiger charge is 2.27. The molecule has 1 aromatic heterocycles. The van der Waals surface area contributed by atoms with Crippen LogP contribution in [0.2, 0.25) is 5.02 Å². The molecule has 2 amide bonds. The molecule has 1 aliphatic rings. The fourth-order valence-electron chi connectivity index (χ4n) is 3.79. The van der Waals surface area contributed by atoms with Crippen molar-refractivity contribution in [3.05, 3.63) is 34.5 Å². The summed E-state index contributed by atoms with van der Waals surface area (Å²) in [5.74, 6) is -0.0729. The summed E-state index contributed by atoms with van der Waals surface area (Å²) in [7, 11) is 0. The van der Waals surface area contributed by atoms with E-state index in [9.17, 15) is 9.59 Å². The van der Waals surface area contributed by atoms with E-state index in [1.807, 2.05) is 36.6 Å². The molecule has 0 unspecified atom stereocenters. The van der Waals surface area contributed by atoms with Crippen molar-refractivity contribution >= 4 is 34.5 Å². The van der Waals surface area contributed by atoms with Gasteiger partial charge in [-0.15, -0.1) is 0 Å². The monoisotopic (exact) mass is 391 g/mol. The molecule has 6 nitrogen and oxygen atoms in total. The number of hydrogen-bond acceptors (Lipinski definition) is 3. The van der Waals surface area contributed by atoms with Gasteiger partial charge in [-0.1, -0.05) is 11.6 Å². The van der Waals surface area contributed by atoms with E-state index < -0.39 is 0 Å². The normalized spacial score (nSPS) is 15.2. The van der Waals surface area contributed by atoms with Crippen LogP contribution in [0.15, 0.2) is 18.2 Å². The van der Waals surface area contributed by atoms with Gasteiger partial charge in [-0.05, 0) is 57.4 Å². The molecule has 7 heteroatoms. The third-order valence-electron chi connectivity index (χ3n) is 5.17. The number of aromatic nitrogens is 1. The predicted molar refractivity (Wildman–Crippen MR) is 106 cm³/mol. The fraction of sp³-hybridized carbons (Fsp3) is 0.500. The Balaban J connectivity index is 1.74. The van der Waals surface area contributed by atoms with Crippen LogP contribution in [-0.2, 0) is 11.3 Å². The molecule has 1 saturated heterocycles. The van der Waals surface area contributed by atoms with Crippen molar-refractivity contribution in [2.75, 3.05) is 19.7 Å². The van der Waals surface area contributed by atoms with Gasteiger partial charge in [-0.2, -0.15) is 0 Å². The zero-order chi connectivity index (χ0) is 19.6. The SMILES string of the molecule is CCOC(=O)N1CCC(NC(=O)c2c(C)c3cc(Cl)ccc3n2CC)CC1. The summed E-state index contributed by atoms with van der Waals surface area (Å²) >= 11 is 6.14. The van der Waals surface area contributed by atoms with Crippen molar-refractivity contribution in [3.63, 3.8) is 0 Å². The lowest BCUT2D eigenvalue weighted by Crippen LogP contribution is -2.47. The van der Waals surface area contributed by atoms with Gasteiger partial charge in [0.2, 0.25) is 0 Å². The smallest absolute Gasteiger partial charge is 0.409 e. The summed E-state index contributed by atoms with van der Waals surface area (Å²) in [6.45, 7) is 8.05. The molecule has 1 N–H and O–H groups in total. The van der Waals surface area contributed by atoms with E-state index in [4.69, 9.17) is 16.3 Å². The lowest BCUT2D eigenvalue weighted by Gasteiger charge is -2.31. The van der Waals surface area contributed by atoms with Gasteiger partial charge in [0.15, 0.2) is 0 Å². The van der Waals surface area contributed by atoms with Gasteiger partial charge >= 0.3 is 6.09 Å². The zero-order valence-electron chi connectivity index (χ0n) is 16.0. The summed E-state index contributed by atoms with van der Waals surface area (Å²) < 4.78 is 7.07. The second-order valence-electron chi connectivity index (χ2n) is 6.81. The van der Waals surface area contributed by atoms with Crippen LogP contribution in [0.25, 0.3) is 10.9 Å². The van der Waals surface area contributed by atoms with Crippen LogP contribution in [0.4, 0.5) is 4.79 Å². The molecule has 1 aliphatic heterocycles. The maximum atomic E-state index is 13.0. The number of likely N-dealkylation sites (tertiary alicyclic amines) is 1. The topological polar surface area (TPSA) is 63.6 Å². The van der Waals surface area contributed by atoms with Gasteiger partial charge in [-0.25, -0.2) is 4.79 Å². The fourth-order valence-corrected chi connectivity index (χ4v) is 3.96. The highest BCUT2D eigenvalue weighted by molar-refractivity contribution is 6.31. The number of rotatable bonds is 4. The van der Waals surface area contributed by atoms with Gasteiger partial charge in [-0.3, -0.25) is 4.79 Å². The number of carbonyl (C=O) groups is 2. The van der Waals surface area contributed by atoms with Gasteiger partial charge in [0.1, 0.15) is 5.69 Å². The van der Waals surface area contributed by atoms with Crippen LogP contribution in [0, 0.1) is 6.92 Å². The van der Waals surface area contributed by atoms with Crippen molar-refractivity contribution in [1.29, 1.82) is 0 Å². The van der Waals surface area contributed by atoms with E-state index in [1.54, 1.807) is 11.8 Å². The predicted octanol–water partition coefficient (Wildman–Crippen LogP) is 3.97. The minimum Gasteiger partial charge on any atom is -0.450 e. The molecule has 1 aromatic carbocycles. The number of halogens is 1. The van der Waals surface area contributed by atoms with E-state index in [1.165, 1.54) is 0 Å². The second-order valence-corrected chi connectivity index (χ2v) is 7.25. The Morgan fingerprint density at radius 3 is 2.59 bits per heavy atom. The van der Waals surface area contributed by atoms with E-state index in [-0.39, 0.29) is 18.0 Å². The molecule has 2 aromatic rings. The molecular formula is C20H26ClN3O3. The van der Waals surface area contributed by atoms with Crippen LogP contribution in [0.1, 0.15) is 42.7 Å². The lowest BCUT2D eigenvalue weighted by molar-refractivity contribution is 0.0854. The Hall–Kier alpha value is -2.21. The maximum Gasteiger partial charge on any atom is 0.409 e. The van der Waals surface area contributed by atoms with Crippen LogP contribution >= 0.6 is 11.6 Å². The third-order valence-corrected chi connectivity index (χ3v) is 5.40. The molecule has 2 heterocycles. The largest absolute Gasteiger partial charge is 0.450 e. The highest BCUT2D eigenvalue weighted by atomic mass is 35.5. The molecule has 146 valence electrons. The minimum atomic E-state index is -0.277. The second kappa shape index (κ2) is 8.21. The van der Waals surface area contributed by atoms with Gasteiger partial charge in [0.05, 0.1) is 6.61 Å². The van der Waals surface area contributed by atoms with Crippen LogP contribution in [0.3, 0.4) is 0 Å². The Labute approximate surface area is 164 Å². The van der Waals surface area contributed by atoms with Crippen molar-refractivity contribution in [2.45, 2.75) is 46.2 Å². The minimum absolute atomic E-state index is 0.0504. The number of piperidine rings is 1. The molecule has 1 fully saturated rings. The van der Waals surface area contributed by atoms with E-state index in [0.717, 1.165) is 29.3 Å². The van der Waals surface area contributed by atoms with Gasteiger partial charge in [0, 0.05) is 41.6 Å². The Morgan fingerprint density at radius 2 is 1.96 bits per heavy atom. The van der Waals surface area contributed by atoms with Crippen LogP contribution in [-0.4, -0.2) is 47.2 Å². The first-order chi connectivity index (χ1) is 13.0. The standard InChI is InChI=1S/C20H26ClN3O3/c1-4-24-17-7-6-14(21)12-16(17)13(3)18(24)19(25)22-15-8-10-23(11-9-15)20(26)27-5-2/h6-7,12,15H,4-5,8-11H2,1-3H3,(H,22,25). The van der Waals surface area contributed by atoms with E-state index >= 15 is 0 Å². The Kier molecular flexibility index (Phi) is 5.95. The van der Waals surface area contributed by atoms with E-state index in [0.29, 0.717) is 37.0 Å². The molecule has 27 heavy (non-hydrogen) atoms. The van der Waals surface area contributed by atoms with Gasteiger partial charge in [0.25, 0.3) is 5.91 Å². The van der Waals surface area contributed by atoms with Crippen LogP contribution in [0.5, 0.6) is 0 Å². The average molecular weight is 392 g/mol. The first-order valence-corrected chi connectivity index (χ1v) is 9.84. The summed E-state index contributed by atoms with van der Waals surface area (Å²) in [5.41, 5.74) is 2.64. The Morgan fingerprint density at radius 1 is 1.26 bits per heavy atom. The van der Waals surface area contributed by atoms with Crippen molar-refractivity contribution in [3.8, 4) is 0 Å². The molecule has 0 atom stereocenters. The molecular weight excluding hydrogens is 366 g/mol. The molecule has 0 aliphatic carbocycles. The summed E-state index contributed by atoms with van der Waals surface area (Å²) in [6.07, 6.45) is 1.17. The average Bonchev–Trinajstić information content (AvgIpc) is 2.94. The number of carbonyl (C=O) groups excluding carboxylic acids is 2. The van der Waals surface area contributed by atoms with Crippen LogP contribution < -0.4 is 5.32 Å². The molecule has 3 rings (SSSR count). The number of hydrogen-bond donors (Lipinski definition) is 1. The first kappa shape index (κ1) is 19.5. The third kappa shape index (κ3) is 3.90. The number of nitrogens with one attached hydrogen (secondary N) is 1. The summed E-state index contributed by atoms with van der Waals surface area (Å²) in [6, 6.07) is 5.77.